The number of rotatable bonds is 4. The lowest BCUT2D eigenvalue weighted by molar-refractivity contribution is 0.123. The Kier molecular flexibility index (Phi) is 2.62. The van der Waals surface area contributed by atoms with E-state index in [1.807, 2.05) is 11.6 Å². The summed E-state index contributed by atoms with van der Waals surface area (Å²) in [7, 11) is 1.64. The molecule has 0 radical (unpaired) electrons. The highest BCUT2D eigenvalue weighted by Crippen LogP contribution is 2.62. The van der Waals surface area contributed by atoms with Crippen molar-refractivity contribution in [3.8, 4) is 5.75 Å². The van der Waals surface area contributed by atoms with Crippen LogP contribution in [0.1, 0.15) is 38.0 Å². The van der Waals surface area contributed by atoms with Crippen molar-refractivity contribution in [3.05, 3.63) is 11.9 Å². The van der Waals surface area contributed by atoms with Gasteiger partial charge in [-0.3, -0.25) is 4.68 Å². The first-order valence-electron chi connectivity index (χ1n) is 6.55. The molecule has 0 bridgehead atoms. The van der Waals surface area contributed by atoms with Gasteiger partial charge < -0.3 is 9.84 Å². The Hall–Kier alpha value is -1.03. The van der Waals surface area contributed by atoms with Crippen LogP contribution in [0.25, 0.3) is 0 Å². The summed E-state index contributed by atoms with van der Waals surface area (Å²) in [6, 6.07) is 0. The summed E-state index contributed by atoms with van der Waals surface area (Å²) < 4.78 is 7.16. The molecule has 3 atom stereocenters. The third-order valence-electron chi connectivity index (χ3n) is 4.48. The molecule has 0 aromatic carbocycles. The van der Waals surface area contributed by atoms with Crippen molar-refractivity contribution < 1.29 is 9.84 Å². The number of methoxy groups -OCH3 is 1. The van der Waals surface area contributed by atoms with Gasteiger partial charge in [0.2, 0.25) is 0 Å². The zero-order valence-electron chi connectivity index (χ0n) is 10.5. The highest BCUT2D eigenvalue weighted by atomic mass is 16.5. The molecule has 3 unspecified atom stereocenters. The second-order valence-electron chi connectivity index (χ2n) is 5.19. The Bertz CT molecular complexity index is 384. The molecule has 17 heavy (non-hydrogen) atoms. The zero-order chi connectivity index (χ0) is 12.0. The van der Waals surface area contributed by atoms with Crippen LogP contribution in [0.15, 0.2) is 6.20 Å². The van der Waals surface area contributed by atoms with E-state index in [4.69, 9.17) is 4.74 Å². The molecule has 0 spiro atoms. The molecule has 2 fully saturated rings. The second-order valence-corrected chi connectivity index (χ2v) is 5.19. The van der Waals surface area contributed by atoms with Gasteiger partial charge in [-0.05, 0) is 37.5 Å². The lowest BCUT2D eigenvalue weighted by Gasteiger charge is -2.15. The molecule has 3 rings (SSSR count). The third-order valence-corrected chi connectivity index (χ3v) is 4.48. The average molecular weight is 236 g/mol. The fourth-order valence-corrected chi connectivity index (χ4v) is 3.61. The summed E-state index contributed by atoms with van der Waals surface area (Å²) in [5.41, 5.74) is 0.870. The quantitative estimate of drug-likeness (QED) is 0.869. The Morgan fingerprint density at radius 1 is 1.53 bits per heavy atom. The minimum atomic E-state index is -0.400. The molecule has 1 N–H and O–H groups in total. The minimum Gasteiger partial charge on any atom is -0.493 e. The fraction of sp³-hybridized carbons (Fsp3) is 0.769. The molecule has 1 aromatic heterocycles. The molecule has 94 valence electrons. The number of nitrogens with zero attached hydrogens (tertiary/aromatic N) is 2. The lowest BCUT2D eigenvalue weighted by atomic mass is 10.0. The van der Waals surface area contributed by atoms with Crippen molar-refractivity contribution in [2.75, 3.05) is 7.11 Å². The summed E-state index contributed by atoms with van der Waals surface area (Å²) >= 11 is 0. The fourth-order valence-electron chi connectivity index (χ4n) is 3.61. The van der Waals surface area contributed by atoms with Gasteiger partial charge in [0, 0.05) is 6.54 Å². The number of ether oxygens (including phenoxy) is 1. The van der Waals surface area contributed by atoms with Crippen LogP contribution in [0.4, 0.5) is 0 Å². The van der Waals surface area contributed by atoms with Gasteiger partial charge in [-0.25, -0.2) is 0 Å². The SMILES string of the molecule is CCn1ncc(OC)c1C(O)C1C2CCCC21. The summed E-state index contributed by atoms with van der Waals surface area (Å²) in [6.45, 7) is 2.81. The largest absolute Gasteiger partial charge is 0.493 e. The number of aliphatic hydroxyl groups excluding tert-OH is 1. The van der Waals surface area contributed by atoms with Gasteiger partial charge in [0.15, 0.2) is 5.75 Å². The highest BCUT2D eigenvalue weighted by Gasteiger charge is 2.56. The molecule has 2 aliphatic rings. The maximum absolute atomic E-state index is 10.5. The smallest absolute Gasteiger partial charge is 0.162 e. The molecular weight excluding hydrogens is 216 g/mol. The number of hydrogen-bond acceptors (Lipinski definition) is 3. The lowest BCUT2D eigenvalue weighted by Crippen LogP contribution is -2.12. The average Bonchev–Trinajstić information content (AvgIpc) is 2.75. The van der Waals surface area contributed by atoms with Crippen molar-refractivity contribution in [1.29, 1.82) is 0 Å². The molecule has 2 aliphatic carbocycles. The second kappa shape index (κ2) is 4.02. The van der Waals surface area contributed by atoms with Gasteiger partial charge in [-0.2, -0.15) is 5.10 Å². The van der Waals surface area contributed by atoms with Gasteiger partial charge in [-0.1, -0.05) is 6.42 Å². The number of aryl methyl sites for hydroxylation is 1. The number of hydrogen-bond donors (Lipinski definition) is 1. The monoisotopic (exact) mass is 236 g/mol. The third kappa shape index (κ3) is 1.58. The first kappa shape index (κ1) is 11.1. The highest BCUT2D eigenvalue weighted by molar-refractivity contribution is 5.29. The van der Waals surface area contributed by atoms with Crippen molar-refractivity contribution in [3.63, 3.8) is 0 Å². The van der Waals surface area contributed by atoms with Gasteiger partial charge in [0.1, 0.15) is 11.8 Å². The van der Waals surface area contributed by atoms with Crippen molar-refractivity contribution >= 4 is 0 Å². The van der Waals surface area contributed by atoms with E-state index in [0.29, 0.717) is 5.92 Å². The minimum absolute atomic E-state index is 0.400. The summed E-state index contributed by atoms with van der Waals surface area (Å²) in [6.07, 6.45) is 5.22. The molecule has 0 aliphatic heterocycles. The van der Waals surface area contributed by atoms with Crippen LogP contribution in [0.2, 0.25) is 0 Å². The van der Waals surface area contributed by atoms with Crippen LogP contribution in [0.3, 0.4) is 0 Å². The first-order chi connectivity index (χ1) is 8.27. The van der Waals surface area contributed by atoms with Crippen molar-refractivity contribution in [2.24, 2.45) is 17.8 Å². The van der Waals surface area contributed by atoms with Crippen LogP contribution < -0.4 is 4.74 Å². The van der Waals surface area contributed by atoms with E-state index < -0.39 is 6.10 Å². The van der Waals surface area contributed by atoms with E-state index in [1.165, 1.54) is 19.3 Å². The first-order valence-corrected chi connectivity index (χ1v) is 6.55. The van der Waals surface area contributed by atoms with Gasteiger partial charge in [0.25, 0.3) is 0 Å². The van der Waals surface area contributed by atoms with E-state index in [2.05, 4.69) is 5.10 Å². The molecule has 0 amide bonds. The molecule has 1 heterocycles. The standard InChI is InChI=1S/C13H20N2O2/c1-3-15-12(10(17-2)7-14-15)13(16)11-8-5-4-6-9(8)11/h7-9,11,13,16H,3-6H2,1-2H3. The summed E-state index contributed by atoms with van der Waals surface area (Å²) in [5, 5.41) is 14.8. The zero-order valence-corrected chi connectivity index (χ0v) is 10.5. The molecule has 1 aromatic rings. The summed E-state index contributed by atoms with van der Waals surface area (Å²) in [5.74, 6) is 2.66. The van der Waals surface area contributed by atoms with Crippen molar-refractivity contribution in [2.45, 2.75) is 38.8 Å². The van der Waals surface area contributed by atoms with E-state index in [0.717, 1.165) is 29.8 Å². The van der Waals surface area contributed by atoms with E-state index in [9.17, 15) is 5.11 Å². The maximum atomic E-state index is 10.5. The Morgan fingerprint density at radius 2 is 2.24 bits per heavy atom. The molecule has 4 nitrogen and oxygen atoms in total. The van der Waals surface area contributed by atoms with Crippen LogP contribution in [-0.4, -0.2) is 22.0 Å². The number of aromatic nitrogens is 2. The Labute approximate surface area is 102 Å². The maximum Gasteiger partial charge on any atom is 0.162 e. The normalized spacial score (nSPS) is 32.3. The Balaban J connectivity index is 1.85. The van der Waals surface area contributed by atoms with Crippen LogP contribution in [-0.2, 0) is 6.54 Å². The topological polar surface area (TPSA) is 47.3 Å². The predicted molar refractivity (Wildman–Crippen MR) is 63.7 cm³/mol. The molecule has 0 saturated heterocycles. The van der Waals surface area contributed by atoms with Crippen LogP contribution >= 0.6 is 0 Å². The Morgan fingerprint density at radius 3 is 2.82 bits per heavy atom. The molecular formula is C13H20N2O2. The predicted octanol–water partition coefficient (Wildman–Crippen LogP) is 1.99. The van der Waals surface area contributed by atoms with Crippen LogP contribution in [0, 0.1) is 17.8 Å². The number of fused-ring (bicyclic) bond motifs is 1. The van der Waals surface area contributed by atoms with E-state index >= 15 is 0 Å². The molecule has 4 heteroatoms. The summed E-state index contributed by atoms with van der Waals surface area (Å²) in [4.78, 5) is 0. The van der Waals surface area contributed by atoms with Crippen molar-refractivity contribution in [1.82, 2.24) is 9.78 Å². The van der Waals surface area contributed by atoms with Crippen LogP contribution in [0.5, 0.6) is 5.75 Å². The van der Waals surface area contributed by atoms with E-state index in [1.54, 1.807) is 13.3 Å². The molecule has 2 saturated carbocycles. The number of aliphatic hydroxyl groups is 1. The van der Waals surface area contributed by atoms with Gasteiger partial charge in [0.05, 0.1) is 13.3 Å². The van der Waals surface area contributed by atoms with E-state index in [-0.39, 0.29) is 0 Å². The van der Waals surface area contributed by atoms with Gasteiger partial charge in [-0.15, -0.1) is 0 Å². The van der Waals surface area contributed by atoms with Gasteiger partial charge >= 0.3 is 0 Å².